The van der Waals surface area contributed by atoms with E-state index >= 15 is 0 Å². The van der Waals surface area contributed by atoms with Crippen LogP contribution in [0.4, 0.5) is 0 Å². The van der Waals surface area contributed by atoms with Crippen LogP contribution in [0.25, 0.3) is 0 Å². The molecule has 10 heavy (non-hydrogen) atoms. The lowest BCUT2D eigenvalue weighted by atomic mass is 9.80. The molecule has 1 heteroatoms. The smallest absolute Gasteiger partial charge is 0.0250 e. The Balaban J connectivity index is 2.16. The highest BCUT2D eigenvalue weighted by atomic mass is 14.6. The van der Waals surface area contributed by atoms with Gasteiger partial charge in [-0.3, -0.25) is 0 Å². The van der Waals surface area contributed by atoms with E-state index in [0.717, 1.165) is 17.9 Å². The molecule has 1 fully saturated rings. The molecule has 1 aliphatic rings. The zero-order chi connectivity index (χ0) is 7.56. The first-order valence-electron chi connectivity index (χ1n) is 4.11. The fourth-order valence-electron chi connectivity index (χ4n) is 1.29. The zero-order valence-electron chi connectivity index (χ0n) is 6.77. The fourth-order valence-corrected chi connectivity index (χ4v) is 1.29. The molecule has 0 aromatic heterocycles. The number of nitrogens with two attached hydrogens (primary N) is 1. The lowest BCUT2D eigenvalue weighted by molar-refractivity contribution is 0.284. The van der Waals surface area contributed by atoms with Crippen LogP contribution in [0.5, 0.6) is 0 Å². The molecule has 0 saturated heterocycles. The predicted molar refractivity (Wildman–Crippen MR) is 44.7 cm³/mol. The van der Waals surface area contributed by atoms with E-state index in [-0.39, 0.29) is 6.04 Å². The largest absolute Gasteiger partial charge is 0.324 e. The Kier molecular flexibility index (Phi) is 2.50. The van der Waals surface area contributed by atoms with Crippen molar-refractivity contribution in [3.63, 3.8) is 0 Å². The van der Waals surface area contributed by atoms with Crippen molar-refractivity contribution in [2.75, 3.05) is 0 Å². The van der Waals surface area contributed by atoms with E-state index in [1.54, 1.807) is 0 Å². The van der Waals surface area contributed by atoms with Crippen LogP contribution in [0.2, 0.25) is 0 Å². The van der Waals surface area contributed by atoms with Crippen LogP contribution >= 0.6 is 0 Å². The molecule has 58 valence electrons. The molecule has 0 radical (unpaired) electrons. The summed E-state index contributed by atoms with van der Waals surface area (Å²) in [6.45, 7) is 5.86. The van der Waals surface area contributed by atoms with Crippen LogP contribution in [0, 0.1) is 5.92 Å². The van der Waals surface area contributed by atoms with Crippen molar-refractivity contribution in [3.05, 3.63) is 12.2 Å². The summed E-state index contributed by atoms with van der Waals surface area (Å²) in [6.07, 6.45) is 5.35. The summed E-state index contributed by atoms with van der Waals surface area (Å²) in [5.41, 5.74) is 6.96. The predicted octanol–water partition coefficient (Wildman–Crippen LogP) is 2.08. The first kappa shape index (κ1) is 7.80. The summed E-state index contributed by atoms with van der Waals surface area (Å²) in [4.78, 5) is 0. The highest BCUT2D eigenvalue weighted by molar-refractivity contribution is 5.00. The van der Waals surface area contributed by atoms with E-state index in [9.17, 15) is 0 Å². The Morgan fingerprint density at radius 3 is 2.60 bits per heavy atom. The van der Waals surface area contributed by atoms with Crippen molar-refractivity contribution in [2.24, 2.45) is 11.7 Å². The Bertz CT molecular complexity index is 125. The highest BCUT2D eigenvalue weighted by Crippen LogP contribution is 2.30. The van der Waals surface area contributed by atoms with Crippen molar-refractivity contribution in [1.29, 1.82) is 0 Å². The Hall–Kier alpha value is -0.300. The molecule has 2 N–H and O–H groups in total. The molecule has 1 saturated carbocycles. The molecule has 0 bridgehead atoms. The molecule has 1 aliphatic carbocycles. The van der Waals surface area contributed by atoms with Crippen LogP contribution in [0.15, 0.2) is 12.2 Å². The molecule has 1 nitrogen and oxygen atoms in total. The van der Waals surface area contributed by atoms with Gasteiger partial charge in [-0.1, -0.05) is 31.4 Å². The third-order valence-electron chi connectivity index (χ3n) is 2.44. The van der Waals surface area contributed by atoms with Gasteiger partial charge in [-0.25, -0.2) is 0 Å². The molecule has 1 atom stereocenters. The van der Waals surface area contributed by atoms with Crippen molar-refractivity contribution < 1.29 is 0 Å². The number of hydrogen-bond acceptors (Lipinski definition) is 1. The summed E-state index contributed by atoms with van der Waals surface area (Å²) in [5.74, 6) is 0.909. The van der Waals surface area contributed by atoms with Crippen molar-refractivity contribution in [1.82, 2.24) is 0 Å². The normalized spacial score (nSPS) is 21.8. The Morgan fingerprint density at radius 2 is 2.30 bits per heavy atom. The standard InChI is InChI=1S/C9H17N/c1-7(2)9(10)6-8-4-3-5-8/h8-9H,1,3-6,10H2,2H3. The Labute approximate surface area is 63.3 Å². The van der Waals surface area contributed by atoms with Gasteiger partial charge in [0.25, 0.3) is 0 Å². The fraction of sp³-hybridized carbons (Fsp3) is 0.778. The second-order valence-electron chi connectivity index (χ2n) is 3.49. The number of hydrogen-bond donors (Lipinski definition) is 1. The van der Waals surface area contributed by atoms with E-state index in [2.05, 4.69) is 6.58 Å². The third kappa shape index (κ3) is 1.84. The highest BCUT2D eigenvalue weighted by Gasteiger charge is 2.19. The van der Waals surface area contributed by atoms with Crippen molar-refractivity contribution >= 4 is 0 Å². The molecule has 0 amide bonds. The van der Waals surface area contributed by atoms with Gasteiger partial charge in [-0.15, -0.1) is 0 Å². The first-order chi connectivity index (χ1) is 4.70. The summed E-state index contributed by atoms with van der Waals surface area (Å²) in [5, 5.41) is 0. The van der Waals surface area contributed by atoms with Gasteiger partial charge in [-0.2, -0.15) is 0 Å². The van der Waals surface area contributed by atoms with Crippen LogP contribution in [0.1, 0.15) is 32.6 Å². The molecule has 0 heterocycles. The van der Waals surface area contributed by atoms with Gasteiger partial charge in [0.2, 0.25) is 0 Å². The zero-order valence-corrected chi connectivity index (χ0v) is 6.77. The molecule has 0 spiro atoms. The minimum atomic E-state index is 0.255. The topological polar surface area (TPSA) is 26.0 Å². The average Bonchev–Trinajstić information content (AvgIpc) is 1.77. The van der Waals surface area contributed by atoms with Gasteiger partial charge in [0, 0.05) is 6.04 Å². The van der Waals surface area contributed by atoms with Crippen LogP contribution in [-0.2, 0) is 0 Å². The van der Waals surface area contributed by atoms with Crippen LogP contribution in [-0.4, -0.2) is 6.04 Å². The van der Waals surface area contributed by atoms with E-state index in [0.29, 0.717) is 0 Å². The van der Waals surface area contributed by atoms with Crippen molar-refractivity contribution in [3.8, 4) is 0 Å². The van der Waals surface area contributed by atoms with E-state index in [1.165, 1.54) is 19.3 Å². The second kappa shape index (κ2) is 3.20. The quantitative estimate of drug-likeness (QED) is 0.595. The molecule has 0 aromatic carbocycles. The van der Waals surface area contributed by atoms with Gasteiger partial charge >= 0.3 is 0 Å². The summed E-state index contributed by atoms with van der Waals surface area (Å²) in [6, 6.07) is 0.255. The summed E-state index contributed by atoms with van der Waals surface area (Å²) >= 11 is 0. The van der Waals surface area contributed by atoms with Gasteiger partial charge in [0.1, 0.15) is 0 Å². The van der Waals surface area contributed by atoms with E-state index in [4.69, 9.17) is 5.73 Å². The molecular weight excluding hydrogens is 122 g/mol. The van der Waals surface area contributed by atoms with Crippen LogP contribution in [0.3, 0.4) is 0 Å². The second-order valence-corrected chi connectivity index (χ2v) is 3.49. The first-order valence-corrected chi connectivity index (χ1v) is 4.11. The van der Waals surface area contributed by atoms with Crippen molar-refractivity contribution in [2.45, 2.75) is 38.6 Å². The molecule has 1 unspecified atom stereocenters. The molecule has 0 aliphatic heterocycles. The summed E-state index contributed by atoms with van der Waals surface area (Å²) in [7, 11) is 0. The van der Waals surface area contributed by atoms with Gasteiger partial charge < -0.3 is 5.73 Å². The SMILES string of the molecule is C=C(C)C(N)CC1CCC1. The summed E-state index contributed by atoms with van der Waals surface area (Å²) < 4.78 is 0. The lowest BCUT2D eigenvalue weighted by Gasteiger charge is -2.28. The van der Waals surface area contributed by atoms with Gasteiger partial charge in [-0.05, 0) is 19.3 Å². The molecule has 0 aromatic rings. The maximum absolute atomic E-state index is 5.83. The monoisotopic (exact) mass is 139 g/mol. The molecular formula is C9H17N. The van der Waals surface area contributed by atoms with Gasteiger partial charge in [0.05, 0.1) is 0 Å². The number of rotatable bonds is 3. The lowest BCUT2D eigenvalue weighted by Crippen LogP contribution is -2.27. The third-order valence-corrected chi connectivity index (χ3v) is 2.44. The minimum absolute atomic E-state index is 0.255. The maximum atomic E-state index is 5.83. The van der Waals surface area contributed by atoms with Crippen LogP contribution < -0.4 is 5.73 Å². The Morgan fingerprint density at radius 1 is 1.70 bits per heavy atom. The van der Waals surface area contributed by atoms with E-state index in [1.807, 2.05) is 6.92 Å². The average molecular weight is 139 g/mol. The van der Waals surface area contributed by atoms with Gasteiger partial charge in [0.15, 0.2) is 0 Å². The maximum Gasteiger partial charge on any atom is 0.0250 e. The van der Waals surface area contributed by atoms with E-state index < -0.39 is 0 Å². The molecule has 1 rings (SSSR count). The minimum Gasteiger partial charge on any atom is -0.324 e.